The number of aromatic nitrogens is 1. The van der Waals surface area contributed by atoms with Crippen molar-refractivity contribution in [1.82, 2.24) is 10.3 Å². The maximum atomic E-state index is 5.81. The molecular formula is C11H16BrClN2O. The normalized spacial score (nSPS) is 20.2. The number of ether oxygens (including phenoxy) is 1. The predicted molar refractivity (Wildman–Crippen MR) is 69.9 cm³/mol. The molecule has 0 saturated carbocycles. The molecule has 1 N–H and O–H groups in total. The summed E-state index contributed by atoms with van der Waals surface area (Å²) in [6.45, 7) is 2.78. The molecule has 0 spiro atoms. The van der Waals surface area contributed by atoms with Gasteiger partial charge in [0.15, 0.2) is 0 Å². The minimum absolute atomic E-state index is 0. The molecule has 1 fully saturated rings. The largest absolute Gasteiger partial charge is 0.372 e. The summed E-state index contributed by atoms with van der Waals surface area (Å²) < 4.78 is 6.68. The monoisotopic (exact) mass is 306 g/mol. The summed E-state index contributed by atoms with van der Waals surface area (Å²) in [5, 5.41) is 3.34. The Morgan fingerprint density at radius 2 is 2.44 bits per heavy atom. The maximum absolute atomic E-state index is 5.81. The number of hydrogen-bond donors (Lipinski definition) is 1. The number of rotatable bonds is 3. The molecule has 0 amide bonds. The fourth-order valence-electron chi connectivity index (χ4n) is 1.71. The third-order valence-corrected chi connectivity index (χ3v) is 2.96. The van der Waals surface area contributed by atoms with Crippen molar-refractivity contribution in [2.75, 3.05) is 13.1 Å². The lowest BCUT2D eigenvalue weighted by molar-refractivity contribution is 0.0252. The highest BCUT2D eigenvalue weighted by Gasteiger charge is 2.12. The molecule has 90 valence electrons. The lowest BCUT2D eigenvalue weighted by Crippen LogP contribution is -2.35. The number of nitrogens with one attached hydrogen (secondary N) is 1. The average Bonchev–Trinajstić information content (AvgIpc) is 2.28. The molecule has 1 aromatic rings. The number of halogens is 2. The van der Waals surface area contributed by atoms with Crippen molar-refractivity contribution in [3.63, 3.8) is 0 Å². The highest BCUT2D eigenvalue weighted by Crippen LogP contribution is 2.12. The Hall–Kier alpha value is -0.160. The molecule has 0 unspecified atom stereocenters. The smallest absolute Gasteiger partial charge is 0.106 e. The van der Waals surface area contributed by atoms with Crippen molar-refractivity contribution >= 4 is 28.3 Å². The van der Waals surface area contributed by atoms with E-state index in [0.717, 1.165) is 17.7 Å². The molecular weight excluding hydrogens is 291 g/mol. The third kappa shape index (κ3) is 4.37. The van der Waals surface area contributed by atoms with Gasteiger partial charge in [0.05, 0.1) is 12.7 Å². The second kappa shape index (κ2) is 7.22. The van der Waals surface area contributed by atoms with Gasteiger partial charge in [-0.1, -0.05) is 0 Å². The first-order valence-corrected chi connectivity index (χ1v) is 6.06. The molecule has 3 nitrogen and oxygen atoms in total. The van der Waals surface area contributed by atoms with Gasteiger partial charge in [0.25, 0.3) is 0 Å². The van der Waals surface area contributed by atoms with Crippen molar-refractivity contribution < 1.29 is 4.74 Å². The standard InChI is InChI=1S/C11H15BrN2O.ClH/c12-11-6-9(3-5-14-11)8-15-10-2-1-4-13-7-10;/h3,5-6,10,13H,1-2,4,7-8H2;1H/t10-;/m1./s1. The van der Waals surface area contributed by atoms with Gasteiger partial charge >= 0.3 is 0 Å². The molecule has 0 radical (unpaired) electrons. The van der Waals surface area contributed by atoms with E-state index >= 15 is 0 Å². The quantitative estimate of drug-likeness (QED) is 0.872. The Labute approximate surface area is 111 Å². The summed E-state index contributed by atoms with van der Waals surface area (Å²) >= 11 is 3.35. The highest BCUT2D eigenvalue weighted by molar-refractivity contribution is 9.10. The van der Waals surface area contributed by atoms with Crippen LogP contribution in [0.25, 0.3) is 0 Å². The van der Waals surface area contributed by atoms with Gasteiger partial charge in [0, 0.05) is 12.7 Å². The number of nitrogens with zero attached hydrogens (tertiary/aromatic N) is 1. The van der Waals surface area contributed by atoms with Crippen molar-refractivity contribution in [1.29, 1.82) is 0 Å². The molecule has 2 rings (SSSR count). The SMILES string of the molecule is Brc1cc(CO[C@@H]2CCCNC2)ccn1.Cl. The summed E-state index contributed by atoms with van der Waals surface area (Å²) in [7, 11) is 0. The topological polar surface area (TPSA) is 34.1 Å². The second-order valence-electron chi connectivity index (χ2n) is 3.77. The van der Waals surface area contributed by atoms with Gasteiger partial charge in [-0.3, -0.25) is 0 Å². The molecule has 1 aromatic heterocycles. The van der Waals surface area contributed by atoms with Crippen LogP contribution in [0.1, 0.15) is 18.4 Å². The predicted octanol–water partition coefficient (Wildman–Crippen LogP) is 2.53. The molecule has 0 bridgehead atoms. The van der Waals surface area contributed by atoms with Crippen LogP contribution in [-0.4, -0.2) is 24.2 Å². The van der Waals surface area contributed by atoms with Crippen LogP contribution in [0.15, 0.2) is 22.9 Å². The van der Waals surface area contributed by atoms with Gasteiger partial charge < -0.3 is 10.1 Å². The Bertz CT molecular complexity index is 319. The number of piperidine rings is 1. The van der Waals surface area contributed by atoms with Crippen LogP contribution in [0.3, 0.4) is 0 Å². The summed E-state index contributed by atoms with van der Waals surface area (Å²) in [5.74, 6) is 0. The van der Waals surface area contributed by atoms with E-state index in [4.69, 9.17) is 4.74 Å². The van der Waals surface area contributed by atoms with Gasteiger partial charge in [-0.25, -0.2) is 4.98 Å². The van der Waals surface area contributed by atoms with Gasteiger partial charge in [0.2, 0.25) is 0 Å². The molecule has 1 aliphatic rings. The fourth-order valence-corrected chi connectivity index (χ4v) is 2.12. The lowest BCUT2D eigenvalue weighted by Gasteiger charge is -2.23. The Balaban J connectivity index is 0.00000128. The van der Waals surface area contributed by atoms with E-state index in [1.54, 1.807) is 6.20 Å². The van der Waals surface area contributed by atoms with Crippen molar-refractivity contribution in [3.05, 3.63) is 28.5 Å². The van der Waals surface area contributed by atoms with E-state index < -0.39 is 0 Å². The van der Waals surface area contributed by atoms with Crippen molar-refractivity contribution in [3.8, 4) is 0 Å². The first-order valence-electron chi connectivity index (χ1n) is 5.27. The summed E-state index contributed by atoms with van der Waals surface area (Å²) in [6, 6.07) is 3.98. The van der Waals surface area contributed by atoms with Crippen LogP contribution in [0.4, 0.5) is 0 Å². The van der Waals surface area contributed by atoms with Crippen LogP contribution in [0, 0.1) is 0 Å². The highest BCUT2D eigenvalue weighted by atomic mass is 79.9. The van der Waals surface area contributed by atoms with E-state index in [1.807, 2.05) is 12.1 Å². The van der Waals surface area contributed by atoms with Crippen LogP contribution >= 0.6 is 28.3 Å². The van der Waals surface area contributed by atoms with E-state index in [9.17, 15) is 0 Å². The molecule has 1 atom stereocenters. The Morgan fingerprint density at radius 1 is 1.56 bits per heavy atom. The maximum Gasteiger partial charge on any atom is 0.106 e. The first-order chi connectivity index (χ1) is 7.34. The average molecular weight is 308 g/mol. The zero-order valence-corrected chi connectivity index (χ0v) is 11.4. The molecule has 1 aliphatic heterocycles. The van der Waals surface area contributed by atoms with Crippen LogP contribution in [0.2, 0.25) is 0 Å². The molecule has 5 heteroatoms. The first kappa shape index (κ1) is 13.9. The van der Waals surface area contributed by atoms with Gasteiger partial charge in [0.1, 0.15) is 4.60 Å². The van der Waals surface area contributed by atoms with Crippen molar-refractivity contribution in [2.24, 2.45) is 0 Å². The van der Waals surface area contributed by atoms with Crippen molar-refractivity contribution in [2.45, 2.75) is 25.6 Å². The fraction of sp³-hybridized carbons (Fsp3) is 0.545. The lowest BCUT2D eigenvalue weighted by atomic mass is 10.1. The minimum atomic E-state index is 0. The summed E-state index contributed by atoms with van der Waals surface area (Å²) in [4.78, 5) is 4.08. The molecule has 0 aliphatic carbocycles. The van der Waals surface area contributed by atoms with Crippen LogP contribution < -0.4 is 5.32 Å². The van der Waals surface area contributed by atoms with E-state index in [-0.39, 0.29) is 12.4 Å². The molecule has 1 saturated heterocycles. The van der Waals surface area contributed by atoms with Crippen LogP contribution in [0.5, 0.6) is 0 Å². The number of hydrogen-bond acceptors (Lipinski definition) is 3. The van der Waals surface area contributed by atoms with Gasteiger partial charge in [-0.2, -0.15) is 0 Å². The Kier molecular flexibility index (Phi) is 6.28. The van der Waals surface area contributed by atoms with Gasteiger partial charge in [-0.05, 0) is 53.0 Å². The van der Waals surface area contributed by atoms with Gasteiger partial charge in [-0.15, -0.1) is 12.4 Å². The molecule has 0 aromatic carbocycles. The Morgan fingerprint density at radius 3 is 3.12 bits per heavy atom. The van der Waals surface area contributed by atoms with E-state index in [2.05, 4.69) is 26.2 Å². The van der Waals surface area contributed by atoms with E-state index in [0.29, 0.717) is 12.7 Å². The zero-order valence-electron chi connectivity index (χ0n) is 8.99. The zero-order chi connectivity index (χ0) is 10.5. The van der Waals surface area contributed by atoms with E-state index in [1.165, 1.54) is 18.4 Å². The third-order valence-electron chi connectivity index (χ3n) is 2.53. The minimum Gasteiger partial charge on any atom is -0.372 e. The second-order valence-corrected chi connectivity index (χ2v) is 4.58. The number of pyridine rings is 1. The molecule has 2 heterocycles. The summed E-state index contributed by atoms with van der Waals surface area (Å²) in [5.41, 5.74) is 1.17. The molecule has 16 heavy (non-hydrogen) atoms. The van der Waals surface area contributed by atoms with Crippen LogP contribution in [-0.2, 0) is 11.3 Å². The summed E-state index contributed by atoms with van der Waals surface area (Å²) in [6.07, 6.45) is 4.54.